The van der Waals surface area contributed by atoms with Crippen molar-refractivity contribution in [3.05, 3.63) is 58.1 Å². The summed E-state index contributed by atoms with van der Waals surface area (Å²) in [4.78, 5) is 15.0. The molecule has 0 aliphatic heterocycles. The predicted octanol–water partition coefficient (Wildman–Crippen LogP) is 3.49. The molecule has 0 aliphatic rings. The Balaban J connectivity index is 2.20. The number of carboxylic acids is 1. The van der Waals surface area contributed by atoms with Crippen molar-refractivity contribution in [3.8, 4) is 0 Å². The number of rotatable bonds is 4. The molecule has 0 unspecified atom stereocenters. The van der Waals surface area contributed by atoms with Crippen LogP contribution in [0.15, 0.2) is 30.5 Å². The van der Waals surface area contributed by atoms with Gasteiger partial charge in [-0.15, -0.1) is 0 Å². The SMILES string of the molecule is Cc1cc(NCc2ccc(F)c(Cl)c2)c(C(=O)O)cn1. The molecule has 0 aliphatic carbocycles. The van der Waals surface area contributed by atoms with E-state index in [9.17, 15) is 9.18 Å². The van der Waals surface area contributed by atoms with Gasteiger partial charge >= 0.3 is 5.97 Å². The second-order valence-corrected chi connectivity index (χ2v) is 4.69. The minimum Gasteiger partial charge on any atom is -0.478 e. The van der Waals surface area contributed by atoms with Gasteiger partial charge in [0, 0.05) is 18.4 Å². The Kier molecular flexibility index (Phi) is 4.20. The number of anilines is 1. The summed E-state index contributed by atoms with van der Waals surface area (Å²) < 4.78 is 13.0. The van der Waals surface area contributed by atoms with Crippen LogP contribution in [-0.4, -0.2) is 16.1 Å². The summed E-state index contributed by atoms with van der Waals surface area (Å²) in [7, 11) is 0. The largest absolute Gasteiger partial charge is 0.478 e. The third-order valence-corrected chi connectivity index (χ3v) is 3.03. The Morgan fingerprint density at radius 3 is 2.85 bits per heavy atom. The van der Waals surface area contributed by atoms with Crippen molar-refractivity contribution >= 4 is 23.3 Å². The molecule has 6 heteroatoms. The minimum atomic E-state index is -1.06. The second-order valence-electron chi connectivity index (χ2n) is 4.28. The highest BCUT2D eigenvalue weighted by Gasteiger charge is 2.11. The van der Waals surface area contributed by atoms with E-state index in [0.717, 1.165) is 5.56 Å². The summed E-state index contributed by atoms with van der Waals surface area (Å²) in [5.41, 5.74) is 2.01. The molecule has 1 aromatic heterocycles. The van der Waals surface area contributed by atoms with Gasteiger partial charge in [-0.25, -0.2) is 9.18 Å². The maximum Gasteiger partial charge on any atom is 0.339 e. The lowest BCUT2D eigenvalue weighted by atomic mass is 10.2. The molecule has 0 saturated carbocycles. The van der Waals surface area contributed by atoms with Gasteiger partial charge in [0.05, 0.1) is 10.7 Å². The lowest BCUT2D eigenvalue weighted by Gasteiger charge is -2.10. The number of nitrogens with one attached hydrogen (secondary N) is 1. The average Bonchev–Trinajstić information content (AvgIpc) is 2.40. The zero-order valence-corrected chi connectivity index (χ0v) is 11.4. The molecule has 104 valence electrons. The first kappa shape index (κ1) is 14.3. The van der Waals surface area contributed by atoms with Crippen LogP contribution in [0.2, 0.25) is 5.02 Å². The Morgan fingerprint density at radius 2 is 2.20 bits per heavy atom. The molecule has 0 fully saturated rings. The van der Waals surface area contributed by atoms with Gasteiger partial charge in [-0.1, -0.05) is 17.7 Å². The van der Waals surface area contributed by atoms with Gasteiger partial charge in [0.15, 0.2) is 0 Å². The Labute approximate surface area is 120 Å². The fraction of sp³-hybridized carbons (Fsp3) is 0.143. The van der Waals surface area contributed by atoms with Gasteiger partial charge in [-0.3, -0.25) is 4.98 Å². The van der Waals surface area contributed by atoms with E-state index in [4.69, 9.17) is 16.7 Å². The Morgan fingerprint density at radius 1 is 1.45 bits per heavy atom. The number of pyridine rings is 1. The number of carbonyl (C=O) groups is 1. The van der Waals surface area contributed by atoms with Gasteiger partial charge in [-0.2, -0.15) is 0 Å². The predicted molar refractivity (Wildman–Crippen MR) is 74.7 cm³/mol. The van der Waals surface area contributed by atoms with Crippen LogP contribution in [0.5, 0.6) is 0 Å². The van der Waals surface area contributed by atoms with Crippen LogP contribution in [0.3, 0.4) is 0 Å². The van der Waals surface area contributed by atoms with Crippen molar-refractivity contribution < 1.29 is 14.3 Å². The summed E-state index contributed by atoms with van der Waals surface area (Å²) in [6.07, 6.45) is 1.30. The fourth-order valence-corrected chi connectivity index (χ4v) is 1.93. The number of nitrogens with zero attached hydrogens (tertiary/aromatic N) is 1. The molecule has 4 nitrogen and oxygen atoms in total. The Hall–Kier alpha value is -2.14. The van der Waals surface area contributed by atoms with Crippen molar-refractivity contribution in [3.63, 3.8) is 0 Å². The second kappa shape index (κ2) is 5.88. The van der Waals surface area contributed by atoms with Gasteiger partial charge in [0.2, 0.25) is 0 Å². The van der Waals surface area contributed by atoms with E-state index < -0.39 is 11.8 Å². The molecular formula is C14H12ClFN2O2. The summed E-state index contributed by atoms with van der Waals surface area (Å²) in [5.74, 6) is -1.54. The molecule has 0 radical (unpaired) electrons. The van der Waals surface area contributed by atoms with E-state index >= 15 is 0 Å². The van der Waals surface area contributed by atoms with Crippen LogP contribution in [0.1, 0.15) is 21.6 Å². The van der Waals surface area contributed by atoms with Crippen LogP contribution < -0.4 is 5.32 Å². The smallest absolute Gasteiger partial charge is 0.339 e. The van der Waals surface area contributed by atoms with E-state index in [1.165, 1.54) is 18.3 Å². The normalized spacial score (nSPS) is 10.3. The van der Waals surface area contributed by atoms with Gasteiger partial charge in [-0.05, 0) is 30.7 Å². The van der Waals surface area contributed by atoms with E-state index in [-0.39, 0.29) is 10.6 Å². The monoisotopic (exact) mass is 294 g/mol. The van der Waals surface area contributed by atoms with E-state index in [1.807, 2.05) is 0 Å². The number of aryl methyl sites for hydroxylation is 1. The molecule has 2 rings (SSSR count). The molecule has 0 saturated heterocycles. The highest BCUT2D eigenvalue weighted by atomic mass is 35.5. The maximum absolute atomic E-state index is 13.0. The average molecular weight is 295 g/mol. The van der Waals surface area contributed by atoms with Crippen LogP contribution in [0.4, 0.5) is 10.1 Å². The molecule has 0 bridgehead atoms. The van der Waals surface area contributed by atoms with Crippen LogP contribution in [0, 0.1) is 12.7 Å². The van der Waals surface area contributed by atoms with Crippen LogP contribution >= 0.6 is 11.6 Å². The lowest BCUT2D eigenvalue weighted by Crippen LogP contribution is -2.07. The zero-order valence-electron chi connectivity index (χ0n) is 10.7. The summed E-state index contributed by atoms with van der Waals surface area (Å²) in [6.45, 7) is 2.11. The van der Waals surface area contributed by atoms with E-state index in [2.05, 4.69) is 10.3 Å². The molecular weight excluding hydrogens is 283 g/mol. The third-order valence-electron chi connectivity index (χ3n) is 2.74. The van der Waals surface area contributed by atoms with Crippen molar-refractivity contribution in [2.24, 2.45) is 0 Å². The molecule has 0 atom stereocenters. The van der Waals surface area contributed by atoms with E-state index in [0.29, 0.717) is 17.9 Å². The molecule has 0 amide bonds. The molecule has 1 heterocycles. The first-order chi connectivity index (χ1) is 9.47. The highest BCUT2D eigenvalue weighted by molar-refractivity contribution is 6.30. The van der Waals surface area contributed by atoms with Crippen LogP contribution in [0.25, 0.3) is 0 Å². The van der Waals surface area contributed by atoms with E-state index in [1.54, 1.807) is 19.1 Å². The first-order valence-electron chi connectivity index (χ1n) is 5.85. The number of aromatic nitrogens is 1. The number of halogens is 2. The van der Waals surface area contributed by atoms with Crippen molar-refractivity contribution in [1.82, 2.24) is 4.98 Å². The number of aromatic carboxylic acids is 1. The van der Waals surface area contributed by atoms with Crippen molar-refractivity contribution in [1.29, 1.82) is 0 Å². The van der Waals surface area contributed by atoms with Crippen molar-refractivity contribution in [2.75, 3.05) is 5.32 Å². The quantitative estimate of drug-likeness (QED) is 0.906. The van der Waals surface area contributed by atoms with Gasteiger partial charge in [0.1, 0.15) is 11.4 Å². The number of hydrogen-bond donors (Lipinski definition) is 2. The molecule has 2 N–H and O–H groups in total. The lowest BCUT2D eigenvalue weighted by molar-refractivity contribution is 0.0697. The topological polar surface area (TPSA) is 62.2 Å². The Bertz CT molecular complexity index is 662. The summed E-state index contributed by atoms with van der Waals surface area (Å²) in [6, 6.07) is 6.00. The fourth-order valence-electron chi connectivity index (χ4n) is 1.72. The maximum atomic E-state index is 13.0. The number of benzene rings is 1. The third kappa shape index (κ3) is 3.24. The standard InChI is InChI=1S/C14H12ClFN2O2/c1-8-4-13(10(7-17-8)14(19)20)18-6-9-2-3-12(16)11(15)5-9/h2-5,7H,6H2,1H3,(H,17,18)(H,19,20). The zero-order chi connectivity index (χ0) is 14.7. The molecule has 2 aromatic rings. The van der Waals surface area contributed by atoms with Crippen LogP contribution in [-0.2, 0) is 6.54 Å². The highest BCUT2D eigenvalue weighted by Crippen LogP contribution is 2.19. The number of carboxylic acid groups (broad SMARTS) is 1. The summed E-state index contributed by atoms with van der Waals surface area (Å²) >= 11 is 5.70. The molecule has 1 aromatic carbocycles. The molecule has 0 spiro atoms. The number of hydrogen-bond acceptors (Lipinski definition) is 3. The minimum absolute atomic E-state index is 0.0358. The van der Waals surface area contributed by atoms with Crippen molar-refractivity contribution in [2.45, 2.75) is 13.5 Å². The summed E-state index contributed by atoms with van der Waals surface area (Å²) in [5, 5.41) is 12.1. The van der Waals surface area contributed by atoms with Gasteiger partial charge < -0.3 is 10.4 Å². The molecule has 20 heavy (non-hydrogen) atoms. The first-order valence-corrected chi connectivity index (χ1v) is 6.23. The van der Waals surface area contributed by atoms with Gasteiger partial charge in [0.25, 0.3) is 0 Å².